The number of carbonyl (C=O) groups is 2. The summed E-state index contributed by atoms with van der Waals surface area (Å²) in [6.45, 7) is 5.70. The van der Waals surface area contributed by atoms with Crippen LogP contribution in [0.3, 0.4) is 0 Å². The number of ketones is 1. The van der Waals surface area contributed by atoms with Crippen LogP contribution in [0.4, 0.5) is 0 Å². The number of Topliss-reactive ketones (excluding diaryl/α,β-unsaturated/α-hetero) is 1. The van der Waals surface area contributed by atoms with Gasteiger partial charge in [0.15, 0.2) is 0 Å². The van der Waals surface area contributed by atoms with Crippen molar-refractivity contribution in [2.24, 2.45) is 17.3 Å². The Kier molecular flexibility index (Phi) is 2.46. The average Bonchev–Trinajstić information content (AvgIpc) is 2.71. The number of hydrogen-bond donors (Lipinski definition) is 0. The summed E-state index contributed by atoms with van der Waals surface area (Å²) in [4.78, 5) is 22.7. The van der Waals surface area contributed by atoms with Gasteiger partial charge < -0.3 is 4.74 Å². The van der Waals surface area contributed by atoms with Gasteiger partial charge in [-0.2, -0.15) is 0 Å². The van der Waals surface area contributed by atoms with Crippen molar-refractivity contribution in [2.75, 3.05) is 7.11 Å². The zero-order valence-electron chi connectivity index (χ0n) is 8.59. The molecule has 0 heterocycles. The fourth-order valence-corrected chi connectivity index (χ4v) is 1.55. The number of rotatable bonds is 3. The second-order valence-corrected chi connectivity index (χ2v) is 4.39. The van der Waals surface area contributed by atoms with Gasteiger partial charge in [0.1, 0.15) is 11.7 Å². The fourth-order valence-electron chi connectivity index (χ4n) is 1.55. The van der Waals surface area contributed by atoms with E-state index < -0.39 is 11.9 Å². The minimum Gasteiger partial charge on any atom is -0.468 e. The van der Waals surface area contributed by atoms with Crippen LogP contribution >= 0.6 is 0 Å². The summed E-state index contributed by atoms with van der Waals surface area (Å²) < 4.78 is 4.52. The normalized spacial score (nSPS) is 26.3. The van der Waals surface area contributed by atoms with E-state index in [9.17, 15) is 9.59 Å². The first kappa shape index (κ1) is 10.2. The Morgan fingerprint density at radius 2 is 1.92 bits per heavy atom. The molecule has 13 heavy (non-hydrogen) atoms. The van der Waals surface area contributed by atoms with Gasteiger partial charge in [-0.3, -0.25) is 9.59 Å². The molecule has 0 saturated heterocycles. The van der Waals surface area contributed by atoms with Gasteiger partial charge in [0.2, 0.25) is 0 Å². The lowest BCUT2D eigenvalue weighted by molar-refractivity contribution is -0.149. The molecule has 1 aliphatic rings. The maximum Gasteiger partial charge on any atom is 0.315 e. The number of hydrogen-bond acceptors (Lipinski definition) is 3. The van der Waals surface area contributed by atoms with E-state index in [1.165, 1.54) is 7.11 Å². The van der Waals surface area contributed by atoms with Gasteiger partial charge in [-0.1, -0.05) is 13.8 Å². The van der Waals surface area contributed by atoms with Crippen LogP contribution < -0.4 is 0 Å². The highest BCUT2D eigenvalue weighted by atomic mass is 16.5. The second kappa shape index (κ2) is 3.13. The number of methoxy groups -OCH3 is 1. The topological polar surface area (TPSA) is 43.4 Å². The van der Waals surface area contributed by atoms with Crippen LogP contribution in [0.15, 0.2) is 0 Å². The lowest BCUT2D eigenvalue weighted by Gasteiger charge is -2.08. The molecule has 2 atom stereocenters. The van der Waals surface area contributed by atoms with Gasteiger partial charge in [-0.05, 0) is 18.8 Å². The Morgan fingerprint density at radius 3 is 2.23 bits per heavy atom. The first-order chi connectivity index (χ1) is 5.90. The van der Waals surface area contributed by atoms with Crippen molar-refractivity contribution in [3.63, 3.8) is 0 Å². The van der Waals surface area contributed by atoms with Crippen molar-refractivity contribution in [2.45, 2.75) is 27.2 Å². The van der Waals surface area contributed by atoms with Crippen LogP contribution in [-0.4, -0.2) is 18.9 Å². The van der Waals surface area contributed by atoms with Gasteiger partial charge in [-0.25, -0.2) is 0 Å². The standard InChI is InChI=1S/C10H16O3/c1-6(9(12)13-4)8(11)7-5-10(7,2)3/h6-7H,5H2,1-4H3. The average molecular weight is 184 g/mol. The van der Waals surface area contributed by atoms with Gasteiger partial charge in [0.05, 0.1) is 7.11 Å². The van der Waals surface area contributed by atoms with E-state index in [2.05, 4.69) is 4.74 Å². The molecular formula is C10H16O3. The molecule has 0 aliphatic heterocycles. The quantitative estimate of drug-likeness (QED) is 0.492. The summed E-state index contributed by atoms with van der Waals surface area (Å²) in [5.41, 5.74) is 0.0966. The van der Waals surface area contributed by atoms with Gasteiger partial charge >= 0.3 is 5.97 Å². The van der Waals surface area contributed by atoms with Crippen molar-refractivity contribution >= 4 is 11.8 Å². The van der Waals surface area contributed by atoms with Gasteiger partial charge in [0.25, 0.3) is 0 Å². The molecule has 0 amide bonds. The third-order valence-electron chi connectivity index (χ3n) is 2.84. The van der Waals surface area contributed by atoms with E-state index in [0.717, 1.165) is 6.42 Å². The van der Waals surface area contributed by atoms with E-state index in [4.69, 9.17) is 0 Å². The zero-order chi connectivity index (χ0) is 10.2. The molecule has 0 aromatic carbocycles. The Balaban J connectivity index is 2.55. The Labute approximate surface area is 78.5 Å². The molecule has 0 aromatic rings. The van der Waals surface area contributed by atoms with Crippen LogP contribution in [0.1, 0.15) is 27.2 Å². The lowest BCUT2D eigenvalue weighted by Crippen LogP contribution is -2.24. The molecule has 74 valence electrons. The number of ether oxygens (including phenoxy) is 1. The van der Waals surface area contributed by atoms with Gasteiger partial charge in [-0.15, -0.1) is 0 Å². The molecule has 0 aromatic heterocycles. The first-order valence-corrected chi connectivity index (χ1v) is 4.51. The molecule has 3 nitrogen and oxygen atoms in total. The predicted octanol–water partition coefficient (Wildman–Crippen LogP) is 1.41. The van der Waals surface area contributed by atoms with Gasteiger partial charge in [0, 0.05) is 5.92 Å². The maximum absolute atomic E-state index is 11.6. The summed E-state index contributed by atoms with van der Waals surface area (Å²) in [6.07, 6.45) is 0.896. The Hall–Kier alpha value is -0.860. The minimum absolute atomic E-state index is 0.0249. The van der Waals surface area contributed by atoms with Crippen LogP contribution in [0.5, 0.6) is 0 Å². The third-order valence-corrected chi connectivity index (χ3v) is 2.84. The molecular weight excluding hydrogens is 168 g/mol. The molecule has 1 aliphatic carbocycles. The van der Waals surface area contributed by atoms with Crippen molar-refractivity contribution in [3.05, 3.63) is 0 Å². The number of esters is 1. The Morgan fingerprint density at radius 1 is 1.46 bits per heavy atom. The molecule has 1 fully saturated rings. The molecule has 0 N–H and O–H groups in total. The molecule has 1 rings (SSSR count). The van der Waals surface area contributed by atoms with E-state index in [1.807, 2.05) is 13.8 Å². The van der Waals surface area contributed by atoms with E-state index in [0.29, 0.717) is 0 Å². The first-order valence-electron chi connectivity index (χ1n) is 4.51. The molecule has 0 bridgehead atoms. The van der Waals surface area contributed by atoms with Crippen molar-refractivity contribution in [1.29, 1.82) is 0 Å². The fraction of sp³-hybridized carbons (Fsp3) is 0.800. The van der Waals surface area contributed by atoms with Crippen LogP contribution in [-0.2, 0) is 14.3 Å². The van der Waals surface area contributed by atoms with Crippen LogP contribution in [0, 0.1) is 17.3 Å². The summed E-state index contributed by atoms with van der Waals surface area (Å²) >= 11 is 0. The molecule has 0 spiro atoms. The summed E-state index contributed by atoms with van der Waals surface area (Å²) in [5, 5.41) is 0. The monoisotopic (exact) mass is 184 g/mol. The highest BCUT2D eigenvalue weighted by Gasteiger charge is 2.52. The molecule has 0 radical (unpaired) electrons. The largest absolute Gasteiger partial charge is 0.468 e. The van der Waals surface area contributed by atoms with E-state index >= 15 is 0 Å². The van der Waals surface area contributed by atoms with Crippen molar-refractivity contribution in [3.8, 4) is 0 Å². The molecule has 3 heteroatoms. The van der Waals surface area contributed by atoms with E-state index in [1.54, 1.807) is 6.92 Å². The highest BCUT2D eigenvalue weighted by molar-refractivity contribution is 6.01. The Bertz CT molecular complexity index is 243. The zero-order valence-corrected chi connectivity index (χ0v) is 8.59. The summed E-state index contributed by atoms with van der Waals surface area (Å²) in [6, 6.07) is 0. The van der Waals surface area contributed by atoms with Crippen molar-refractivity contribution in [1.82, 2.24) is 0 Å². The minimum atomic E-state index is -0.600. The van der Waals surface area contributed by atoms with Crippen LogP contribution in [0.2, 0.25) is 0 Å². The maximum atomic E-state index is 11.6. The van der Waals surface area contributed by atoms with Crippen LogP contribution in [0.25, 0.3) is 0 Å². The molecule has 2 unspecified atom stereocenters. The smallest absolute Gasteiger partial charge is 0.315 e. The van der Waals surface area contributed by atoms with Crippen molar-refractivity contribution < 1.29 is 14.3 Å². The SMILES string of the molecule is COC(=O)C(C)C(=O)C1CC1(C)C. The summed E-state index contributed by atoms with van der Waals surface area (Å²) in [5.74, 6) is -0.942. The lowest BCUT2D eigenvalue weighted by atomic mass is 9.98. The molecule has 1 saturated carbocycles. The third kappa shape index (κ3) is 1.90. The van der Waals surface area contributed by atoms with E-state index in [-0.39, 0.29) is 17.1 Å². The predicted molar refractivity (Wildman–Crippen MR) is 48.1 cm³/mol. The number of carbonyl (C=O) groups excluding carboxylic acids is 2. The second-order valence-electron chi connectivity index (χ2n) is 4.39. The highest BCUT2D eigenvalue weighted by Crippen LogP contribution is 2.53. The summed E-state index contributed by atoms with van der Waals surface area (Å²) in [7, 11) is 1.31.